The molecule has 25 heavy (non-hydrogen) atoms. The van der Waals surface area contributed by atoms with Gasteiger partial charge in [-0.15, -0.1) is 0 Å². The second-order valence-corrected chi connectivity index (χ2v) is 6.62. The highest BCUT2D eigenvalue weighted by Crippen LogP contribution is 2.38. The minimum Gasteiger partial charge on any atom is -0.0735 e. The normalized spacial score (nSPS) is 11.4. The van der Waals surface area contributed by atoms with Crippen molar-refractivity contribution in [3.63, 3.8) is 0 Å². The molecule has 0 aromatic heterocycles. The minimum absolute atomic E-state index is 1.29. The SMILES string of the molecule is Bc1c2ccccc2c(-c2cccc3ccccc23)c2ccccc12. The van der Waals surface area contributed by atoms with Crippen LogP contribution in [0.3, 0.4) is 0 Å². The summed E-state index contributed by atoms with van der Waals surface area (Å²) in [6.07, 6.45) is 0. The Balaban J connectivity index is 2.06. The second kappa shape index (κ2) is 5.49. The van der Waals surface area contributed by atoms with Crippen LogP contribution in [0.15, 0.2) is 91.0 Å². The van der Waals surface area contributed by atoms with Crippen LogP contribution in [0.5, 0.6) is 0 Å². The largest absolute Gasteiger partial charge is 0.140 e. The van der Waals surface area contributed by atoms with Crippen molar-refractivity contribution in [1.29, 1.82) is 0 Å². The summed E-state index contributed by atoms with van der Waals surface area (Å²) >= 11 is 0. The van der Waals surface area contributed by atoms with E-state index < -0.39 is 0 Å². The summed E-state index contributed by atoms with van der Waals surface area (Å²) in [6, 6.07) is 32.8. The first-order valence-corrected chi connectivity index (χ1v) is 8.73. The van der Waals surface area contributed by atoms with E-state index in [1.165, 1.54) is 48.9 Å². The van der Waals surface area contributed by atoms with Gasteiger partial charge in [-0.2, -0.15) is 0 Å². The molecule has 0 aliphatic carbocycles. The Bertz CT molecular complexity index is 1190. The highest BCUT2D eigenvalue weighted by Gasteiger charge is 2.14. The van der Waals surface area contributed by atoms with E-state index in [0.717, 1.165) is 0 Å². The lowest BCUT2D eigenvalue weighted by molar-refractivity contribution is 1.71. The molecule has 0 nitrogen and oxygen atoms in total. The van der Waals surface area contributed by atoms with Crippen LogP contribution < -0.4 is 5.46 Å². The number of benzene rings is 5. The lowest BCUT2D eigenvalue weighted by Crippen LogP contribution is -2.07. The Morgan fingerprint density at radius 2 is 0.920 bits per heavy atom. The molecule has 0 heterocycles. The standard InChI is InChI=1S/C24H17B/c25-24-21-13-5-3-11-19(21)23(20-12-4-6-14-22(20)24)18-15-7-9-16-8-1-2-10-17(16)18/h1-15H,25H2. The van der Waals surface area contributed by atoms with Gasteiger partial charge in [0.25, 0.3) is 0 Å². The van der Waals surface area contributed by atoms with Crippen LogP contribution in [-0.4, -0.2) is 7.85 Å². The fraction of sp³-hybridized carbons (Fsp3) is 0. The molecule has 0 aliphatic heterocycles. The molecule has 0 atom stereocenters. The van der Waals surface area contributed by atoms with E-state index in [-0.39, 0.29) is 0 Å². The van der Waals surface area contributed by atoms with Gasteiger partial charge >= 0.3 is 0 Å². The van der Waals surface area contributed by atoms with Crippen LogP contribution >= 0.6 is 0 Å². The molecule has 0 saturated carbocycles. The summed E-state index contributed by atoms with van der Waals surface area (Å²) in [6.45, 7) is 0. The minimum atomic E-state index is 1.29. The quantitative estimate of drug-likeness (QED) is 0.299. The van der Waals surface area contributed by atoms with Crippen LogP contribution in [0.25, 0.3) is 43.4 Å². The fourth-order valence-corrected chi connectivity index (χ4v) is 4.08. The van der Waals surface area contributed by atoms with Gasteiger partial charge in [-0.1, -0.05) is 96.5 Å². The van der Waals surface area contributed by atoms with Crippen molar-refractivity contribution >= 4 is 45.6 Å². The van der Waals surface area contributed by atoms with Gasteiger partial charge in [0.2, 0.25) is 0 Å². The zero-order valence-corrected chi connectivity index (χ0v) is 14.2. The topological polar surface area (TPSA) is 0 Å². The molecular weight excluding hydrogens is 299 g/mol. The lowest BCUT2D eigenvalue weighted by Gasteiger charge is -2.16. The van der Waals surface area contributed by atoms with Crippen molar-refractivity contribution in [2.24, 2.45) is 0 Å². The Hall–Kier alpha value is -3.06. The monoisotopic (exact) mass is 316 g/mol. The third kappa shape index (κ3) is 2.09. The van der Waals surface area contributed by atoms with Crippen molar-refractivity contribution in [3.8, 4) is 11.1 Å². The van der Waals surface area contributed by atoms with Crippen molar-refractivity contribution < 1.29 is 0 Å². The predicted octanol–water partition coefficient (Wildman–Crippen LogP) is 5.07. The highest BCUT2D eigenvalue weighted by molar-refractivity contribution is 6.47. The molecule has 0 radical (unpaired) electrons. The summed E-state index contributed by atoms with van der Waals surface area (Å²) in [5.41, 5.74) is 4.01. The summed E-state index contributed by atoms with van der Waals surface area (Å²) in [5.74, 6) is 0. The highest BCUT2D eigenvalue weighted by atomic mass is 14.2. The van der Waals surface area contributed by atoms with Crippen molar-refractivity contribution in [2.75, 3.05) is 0 Å². The zero-order chi connectivity index (χ0) is 16.8. The Labute approximate surface area is 148 Å². The first-order valence-electron chi connectivity index (χ1n) is 8.73. The molecule has 5 rings (SSSR count). The van der Waals surface area contributed by atoms with Crippen molar-refractivity contribution in [2.45, 2.75) is 0 Å². The van der Waals surface area contributed by atoms with E-state index in [2.05, 4.69) is 98.8 Å². The maximum Gasteiger partial charge on any atom is 0.140 e. The first kappa shape index (κ1) is 14.3. The van der Waals surface area contributed by atoms with Gasteiger partial charge in [-0.3, -0.25) is 0 Å². The Morgan fingerprint density at radius 3 is 1.56 bits per heavy atom. The van der Waals surface area contributed by atoms with Crippen LogP contribution in [-0.2, 0) is 0 Å². The van der Waals surface area contributed by atoms with E-state index >= 15 is 0 Å². The summed E-state index contributed by atoms with van der Waals surface area (Å²) in [7, 11) is 2.23. The van der Waals surface area contributed by atoms with E-state index in [1.807, 2.05) is 0 Å². The van der Waals surface area contributed by atoms with Crippen molar-refractivity contribution in [1.82, 2.24) is 0 Å². The van der Waals surface area contributed by atoms with Crippen LogP contribution in [0, 0.1) is 0 Å². The number of fused-ring (bicyclic) bond motifs is 3. The van der Waals surface area contributed by atoms with Crippen LogP contribution in [0.4, 0.5) is 0 Å². The van der Waals surface area contributed by atoms with E-state index in [4.69, 9.17) is 0 Å². The van der Waals surface area contributed by atoms with E-state index in [1.54, 1.807) is 0 Å². The molecular formula is C24H17B. The number of rotatable bonds is 1. The van der Waals surface area contributed by atoms with E-state index in [9.17, 15) is 0 Å². The zero-order valence-electron chi connectivity index (χ0n) is 14.2. The molecule has 5 aromatic rings. The van der Waals surface area contributed by atoms with E-state index in [0.29, 0.717) is 0 Å². The molecule has 0 bridgehead atoms. The van der Waals surface area contributed by atoms with Crippen molar-refractivity contribution in [3.05, 3.63) is 91.0 Å². The van der Waals surface area contributed by atoms with Crippen LogP contribution in [0.2, 0.25) is 0 Å². The van der Waals surface area contributed by atoms with Gasteiger partial charge in [0.1, 0.15) is 7.85 Å². The second-order valence-electron chi connectivity index (χ2n) is 6.62. The van der Waals surface area contributed by atoms with Gasteiger partial charge in [-0.25, -0.2) is 0 Å². The molecule has 5 aromatic carbocycles. The van der Waals surface area contributed by atoms with Crippen LogP contribution in [0.1, 0.15) is 0 Å². The van der Waals surface area contributed by atoms with Gasteiger partial charge < -0.3 is 0 Å². The average molecular weight is 316 g/mol. The molecule has 0 fully saturated rings. The molecule has 0 spiro atoms. The molecule has 0 unspecified atom stereocenters. The summed E-state index contributed by atoms with van der Waals surface area (Å²) in [5, 5.41) is 7.93. The van der Waals surface area contributed by atoms with Gasteiger partial charge in [0.05, 0.1) is 0 Å². The molecule has 0 N–H and O–H groups in total. The molecule has 0 amide bonds. The predicted molar refractivity (Wildman–Crippen MR) is 113 cm³/mol. The van der Waals surface area contributed by atoms with Gasteiger partial charge in [0, 0.05) is 0 Å². The molecule has 0 aliphatic rings. The Kier molecular flexibility index (Phi) is 3.14. The third-order valence-electron chi connectivity index (χ3n) is 5.26. The van der Waals surface area contributed by atoms with Gasteiger partial charge in [0.15, 0.2) is 0 Å². The smallest absolute Gasteiger partial charge is 0.0735 e. The molecule has 0 saturated heterocycles. The molecule has 116 valence electrons. The average Bonchev–Trinajstić information content (AvgIpc) is 2.68. The maximum atomic E-state index is 2.26. The third-order valence-corrected chi connectivity index (χ3v) is 5.26. The Morgan fingerprint density at radius 1 is 0.440 bits per heavy atom. The summed E-state index contributed by atoms with van der Waals surface area (Å²) < 4.78 is 0. The number of hydrogen-bond donors (Lipinski definition) is 0. The molecule has 1 heteroatoms. The summed E-state index contributed by atoms with van der Waals surface area (Å²) in [4.78, 5) is 0. The lowest BCUT2D eigenvalue weighted by atomic mass is 9.80. The first-order chi connectivity index (χ1) is 12.3. The fourth-order valence-electron chi connectivity index (χ4n) is 4.08. The number of hydrogen-bond acceptors (Lipinski definition) is 0. The maximum absolute atomic E-state index is 2.26. The van der Waals surface area contributed by atoms with Gasteiger partial charge in [-0.05, 0) is 43.4 Å².